The van der Waals surface area contributed by atoms with E-state index in [-0.39, 0.29) is 22.8 Å². The number of hydrogen-bond donors (Lipinski definition) is 0. The van der Waals surface area contributed by atoms with E-state index in [9.17, 15) is 13.2 Å². The summed E-state index contributed by atoms with van der Waals surface area (Å²) in [5.74, 6) is -0.556. The molecule has 5 heteroatoms. The summed E-state index contributed by atoms with van der Waals surface area (Å²) >= 11 is 0. The van der Waals surface area contributed by atoms with Crippen molar-refractivity contribution < 1.29 is 13.2 Å². The molecule has 0 spiro atoms. The zero-order valence-electron chi connectivity index (χ0n) is 8.98. The van der Waals surface area contributed by atoms with Crippen LogP contribution in [-0.4, -0.2) is 24.7 Å². The Morgan fingerprint density at radius 2 is 1.82 bits per heavy atom. The summed E-state index contributed by atoms with van der Waals surface area (Å²) in [7, 11) is -3.69. The fourth-order valence-electron chi connectivity index (χ4n) is 2.37. The van der Waals surface area contributed by atoms with Gasteiger partial charge in [-0.2, -0.15) is 0 Å². The molecule has 4 nitrogen and oxygen atoms in total. The highest BCUT2D eigenvalue weighted by Crippen LogP contribution is 2.36. The SMILES string of the molecule is O=C1[C@@H]2C=C[C@@H](C2)N1S(=O)(=O)c1ccccc1. The predicted octanol–water partition coefficient (Wildman–Crippen LogP) is 1.16. The van der Waals surface area contributed by atoms with Crippen LogP contribution in [0.1, 0.15) is 6.42 Å². The van der Waals surface area contributed by atoms with Crippen LogP contribution in [0.25, 0.3) is 0 Å². The summed E-state index contributed by atoms with van der Waals surface area (Å²) in [6.07, 6.45) is 4.18. The molecule has 2 bridgehead atoms. The normalized spacial score (nSPS) is 26.8. The molecule has 1 aliphatic heterocycles. The van der Waals surface area contributed by atoms with Crippen LogP contribution in [-0.2, 0) is 14.8 Å². The van der Waals surface area contributed by atoms with Gasteiger partial charge < -0.3 is 0 Å². The van der Waals surface area contributed by atoms with Crippen molar-refractivity contribution in [2.24, 2.45) is 5.92 Å². The van der Waals surface area contributed by atoms with Crippen molar-refractivity contribution in [3.8, 4) is 0 Å². The second kappa shape index (κ2) is 3.43. The van der Waals surface area contributed by atoms with E-state index < -0.39 is 10.0 Å². The Labute approximate surface area is 99.6 Å². The highest BCUT2D eigenvalue weighted by atomic mass is 32.2. The summed E-state index contributed by atoms with van der Waals surface area (Å²) in [6.45, 7) is 0. The van der Waals surface area contributed by atoms with Crippen LogP contribution in [0.3, 0.4) is 0 Å². The van der Waals surface area contributed by atoms with Gasteiger partial charge >= 0.3 is 0 Å². The van der Waals surface area contributed by atoms with Crippen molar-refractivity contribution in [3.63, 3.8) is 0 Å². The molecule has 17 heavy (non-hydrogen) atoms. The molecule has 0 aromatic heterocycles. The van der Waals surface area contributed by atoms with Gasteiger partial charge in [-0.25, -0.2) is 12.7 Å². The lowest BCUT2D eigenvalue weighted by Gasteiger charge is -2.23. The average molecular weight is 249 g/mol. The molecule has 0 radical (unpaired) electrons. The van der Waals surface area contributed by atoms with E-state index >= 15 is 0 Å². The van der Waals surface area contributed by atoms with E-state index in [0.717, 1.165) is 4.31 Å². The molecular formula is C12H11NO3S. The van der Waals surface area contributed by atoms with Crippen molar-refractivity contribution in [3.05, 3.63) is 42.5 Å². The Morgan fingerprint density at radius 3 is 2.41 bits per heavy atom. The summed E-state index contributed by atoms with van der Waals surface area (Å²) in [4.78, 5) is 12.1. The first-order chi connectivity index (χ1) is 8.10. The van der Waals surface area contributed by atoms with Crippen LogP contribution in [0.15, 0.2) is 47.4 Å². The minimum absolute atomic E-state index is 0.175. The van der Waals surface area contributed by atoms with E-state index in [1.807, 2.05) is 0 Å². The maximum absolute atomic E-state index is 12.3. The Balaban J connectivity index is 2.06. The number of carbonyl (C=O) groups is 1. The zero-order chi connectivity index (χ0) is 12.0. The van der Waals surface area contributed by atoms with Gasteiger partial charge in [0.2, 0.25) is 5.91 Å². The average Bonchev–Trinajstić information content (AvgIpc) is 2.90. The molecule has 0 unspecified atom stereocenters. The summed E-state index contributed by atoms with van der Waals surface area (Å²) in [5, 5.41) is 0. The molecule has 1 fully saturated rings. The van der Waals surface area contributed by atoms with E-state index in [4.69, 9.17) is 0 Å². The second-order valence-corrected chi connectivity index (χ2v) is 6.06. The maximum atomic E-state index is 12.3. The molecule has 1 aromatic carbocycles. The Hall–Kier alpha value is -1.62. The first-order valence-electron chi connectivity index (χ1n) is 5.42. The van der Waals surface area contributed by atoms with Gasteiger partial charge in [-0.15, -0.1) is 0 Å². The van der Waals surface area contributed by atoms with Gasteiger partial charge in [0.25, 0.3) is 10.0 Å². The molecule has 0 N–H and O–H groups in total. The summed E-state index contributed by atoms with van der Waals surface area (Å²) < 4.78 is 25.6. The molecule has 88 valence electrons. The number of hydrogen-bond acceptors (Lipinski definition) is 3. The predicted molar refractivity (Wildman–Crippen MR) is 61.5 cm³/mol. The molecule has 1 aliphatic carbocycles. The number of sulfonamides is 1. The van der Waals surface area contributed by atoms with E-state index in [1.165, 1.54) is 12.1 Å². The summed E-state index contributed by atoms with van der Waals surface area (Å²) in [6, 6.07) is 7.79. The Kier molecular flexibility index (Phi) is 2.13. The quantitative estimate of drug-likeness (QED) is 0.739. The minimum Gasteiger partial charge on any atom is -0.273 e. The fraction of sp³-hybridized carbons (Fsp3) is 0.250. The molecule has 1 heterocycles. The third-order valence-electron chi connectivity index (χ3n) is 3.20. The Morgan fingerprint density at radius 1 is 1.12 bits per heavy atom. The summed E-state index contributed by atoms with van der Waals surface area (Å²) in [5.41, 5.74) is 0. The monoisotopic (exact) mass is 249 g/mol. The Bertz CT molecular complexity index is 591. The van der Waals surface area contributed by atoms with Gasteiger partial charge in [0, 0.05) is 0 Å². The van der Waals surface area contributed by atoms with Gasteiger partial charge in [0.05, 0.1) is 16.9 Å². The van der Waals surface area contributed by atoms with Crippen LogP contribution in [0, 0.1) is 5.92 Å². The number of nitrogens with zero attached hydrogens (tertiary/aromatic N) is 1. The lowest BCUT2D eigenvalue weighted by Crippen LogP contribution is -2.39. The lowest BCUT2D eigenvalue weighted by atomic mass is 10.1. The van der Waals surface area contributed by atoms with Gasteiger partial charge in [0.1, 0.15) is 0 Å². The van der Waals surface area contributed by atoms with Gasteiger partial charge in [-0.3, -0.25) is 4.79 Å². The number of rotatable bonds is 2. The van der Waals surface area contributed by atoms with Crippen LogP contribution >= 0.6 is 0 Å². The minimum atomic E-state index is -3.69. The van der Waals surface area contributed by atoms with E-state index in [2.05, 4.69) is 0 Å². The number of carbonyl (C=O) groups excluding carboxylic acids is 1. The third kappa shape index (κ3) is 1.42. The van der Waals surface area contributed by atoms with Crippen molar-refractivity contribution in [1.82, 2.24) is 4.31 Å². The fourth-order valence-corrected chi connectivity index (χ4v) is 3.98. The van der Waals surface area contributed by atoms with E-state index in [0.29, 0.717) is 6.42 Å². The van der Waals surface area contributed by atoms with Crippen LogP contribution in [0.5, 0.6) is 0 Å². The number of benzene rings is 1. The molecule has 1 saturated heterocycles. The van der Waals surface area contributed by atoms with E-state index in [1.54, 1.807) is 30.4 Å². The zero-order valence-corrected chi connectivity index (χ0v) is 9.80. The van der Waals surface area contributed by atoms with Gasteiger partial charge in [0.15, 0.2) is 0 Å². The standard InChI is InChI=1S/C12H11NO3S/c14-12-9-6-7-10(8-9)13(12)17(15,16)11-4-2-1-3-5-11/h1-7,9-10H,8H2/t9-,10+/m1/s1. The van der Waals surface area contributed by atoms with Crippen molar-refractivity contribution in [1.29, 1.82) is 0 Å². The third-order valence-corrected chi connectivity index (χ3v) is 5.03. The van der Waals surface area contributed by atoms with Crippen molar-refractivity contribution in [2.75, 3.05) is 0 Å². The molecule has 1 aromatic rings. The first-order valence-corrected chi connectivity index (χ1v) is 6.86. The van der Waals surface area contributed by atoms with Crippen LogP contribution in [0.2, 0.25) is 0 Å². The van der Waals surface area contributed by atoms with Crippen molar-refractivity contribution >= 4 is 15.9 Å². The van der Waals surface area contributed by atoms with Crippen LogP contribution in [0.4, 0.5) is 0 Å². The molecular weight excluding hydrogens is 238 g/mol. The largest absolute Gasteiger partial charge is 0.273 e. The van der Waals surface area contributed by atoms with Crippen LogP contribution < -0.4 is 0 Å². The first kappa shape index (κ1) is 10.5. The van der Waals surface area contributed by atoms with Crippen molar-refractivity contribution in [2.45, 2.75) is 17.4 Å². The number of fused-ring (bicyclic) bond motifs is 2. The molecule has 2 atom stereocenters. The van der Waals surface area contributed by atoms with Gasteiger partial charge in [-0.1, -0.05) is 30.4 Å². The molecule has 2 aliphatic rings. The smallest absolute Gasteiger partial charge is 0.267 e. The topological polar surface area (TPSA) is 54.5 Å². The molecule has 1 amide bonds. The highest BCUT2D eigenvalue weighted by molar-refractivity contribution is 7.89. The molecule has 3 rings (SSSR count). The maximum Gasteiger partial charge on any atom is 0.267 e. The van der Waals surface area contributed by atoms with Gasteiger partial charge in [-0.05, 0) is 18.6 Å². The lowest BCUT2D eigenvalue weighted by molar-refractivity contribution is -0.126. The number of amides is 1. The second-order valence-electron chi connectivity index (χ2n) is 4.25. The highest BCUT2D eigenvalue weighted by Gasteiger charge is 2.47. The molecule has 0 saturated carbocycles.